The van der Waals surface area contributed by atoms with Crippen molar-refractivity contribution >= 4 is 17.2 Å². The number of carbonyl (C=O) groups is 1. The van der Waals surface area contributed by atoms with Crippen LogP contribution in [-0.4, -0.2) is 36.7 Å². The monoisotopic (exact) mass is 252 g/mol. The van der Waals surface area contributed by atoms with Crippen LogP contribution >= 0.6 is 11.3 Å². The molecule has 0 unspecified atom stereocenters. The molecule has 1 rings (SSSR count). The summed E-state index contributed by atoms with van der Waals surface area (Å²) in [7, 11) is 3.53. The lowest BCUT2D eigenvalue weighted by Crippen LogP contribution is -2.35. The Morgan fingerprint density at radius 2 is 2.29 bits per heavy atom. The summed E-state index contributed by atoms with van der Waals surface area (Å²) in [6, 6.07) is 1.83. The van der Waals surface area contributed by atoms with E-state index >= 15 is 0 Å². The molecule has 5 heteroatoms. The van der Waals surface area contributed by atoms with Crippen molar-refractivity contribution in [2.75, 3.05) is 20.7 Å². The molecule has 0 fully saturated rings. The molecular formula is C12H16N2O2S. The summed E-state index contributed by atoms with van der Waals surface area (Å²) < 4.78 is 0. The third-order valence-electron chi connectivity index (χ3n) is 1.91. The van der Waals surface area contributed by atoms with Gasteiger partial charge in [0.25, 0.3) is 5.91 Å². The third kappa shape index (κ3) is 4.19. The maximum atomic E-state index is 11.7. The fraction of sp³-hybridized carbons (Fsp3) is 0.417. The Labute approximate surface area is 105 Å². The summed E-state index contributed by atoms with van der Waals surface area (Å²) in [4.78, 5) is 13.2. The number of aliphatic hydroxyl groups is 1. The van der Waals surface area contributed by atoms with Crippen LogP contribution in [0.15, 0.2) is 6.07 Å². The van der Waals surface area contributed by atoms with Gasteiger partial charge in [-0.15, -0.1) is 11.3 Å². The number of rotatable bonds is 3. The molecule has 1 aromatic heterocycles. The molecule has 0 aromatic carbocycles. The molecule has 0 aliphatic carbocycles. The number of hydrazine groups is 1. The van der Waals surface area contributed by atoms with Crippen LogP contribution in [0, 0.1) is 18.8 Å². The third-order valence-corrected chi connectivity index (χ3v) is 3.06. The van der Waals surface area contributed by atoms with E-state index in [2.05, 4.69) is 17.3 Å². The van der Waals surface area contributed by atoms with E-state index in [1.807, 2.05) is 13.0 Å². The van der Waals surface area contributed by atoms with Gasteiger partial charge in [0.1, 0.15) is 0 Å². The number of thiophene rings is 1. The number of carbonyl (C=O) groups excluding carboxylic acids is 1. The second-order valence-corrected chi connectivity index (χ2v) is 4.79. The zero-order chi connectivity index (χ0) is 12.8. The van der Waals surface area contributed by atoms with Gasteiger partial charge < -0.3 is 5.11 Å². The number of amides is 1. The van der Waals surface area contributed by atoms with E-state index in [0.717, 1.165) is 10.4 Å². The van der Waals surface area contributed by atoms with Crippen molar-refractivity contribution in [3.8, 4) is 11.8 Å². The van der Waals surface area contributed by atoms with Crippen molar-refractivity contribution in [2.24, 2.45) is 0 Å². The van der Waals surface area contributed by atoms with Crippen LogP contribution in [-0.2, 0) is 0 Å². The lowest BCUT2D eigenvalue weighted by Gasteiger charge is -2.09. The van der Waals surface area contributed by atoms with Gasteiger partial charge >= 0.3 is 0 Å². The minimum atomic E-state index is -0.127. The lowest BCUT2D eigenvalue weighted by molar-refractivity contribution is 0.0861. The van der Waals surface area contributed by atoms with Gasteiger partial charge in [0.2, 0.25) is 0 Å². The Morgan fingerprint density at radius 1 is 1.59 bits per heavy atom. The first-order valence-electron chi connectivity index (χ1n) is 5.23. The number of nitrogens with zero attached hydrogens (tertiary/aromatic N) is 1. The van der Waals surface area contributed by atoms with Gasteiger partial charge in [0, 0.05) is 20.5 Å². The molecule has 17 heavy (non-hydrogen) atoms. The van der Waals surface area contributed by atoms with E-state index in [1.165, 1.54) is 11.3 Å². The second kappa shape index (κ2) is 6.40. The van der Waals surface area contributed by atoms with Gasteiger partial charge in [-0.1, -0.05) is 11.8 Å². The molecule has 1 amide bonds. The Kier molecular flexibility index (Phi) is 5.16. The number of aliphatic hydroxyl groups excluding tert-OH is 1. The van der Waals surface area contributed by atoms with Crippen LogP contribution < -0.4 is 5.43 Å². The van der Waals surface area contributed by atoms with Crippen LogP contribution in [0.4, 0.5) is 0 Å². The molecule has 0 radical (unpaired) electrons. The average molecular weight is 252 g/mol. The fourth-order valence-corrected chi connectivity index (χ4v) is 2.11. The first kappa shape index (κ1) is 13.7. The number of hydrogen-bond donors (Lipinski definition) is 2. The fourth-order valence-electron chi connectivity index (χ4n) is 1.17. The Morgan fingerprint density at radius 3 is 2.88 bits per heavy atom. The highest BCUT2D eigenvalue weighted by molar-refractivity contribution is 7.14. The highest BCUT2D eigenvalue weighted by Crippen LogP contribution is 2.20. The lowest BCUT2D eigenvalue weighted by atomic mass is 10.2. The number of hydrogen-bond acceptors (Lipinski definition) is 4. The molecule has 0 bridgehead atoms. The topological polar surface area (TPSA) is 52.6 Å². The number of aryl methyl sites for hydroxylation is 1. The molecule has 2 N–H and O–H groups in total. The van der Waals surface area contributed by atoms with Gasteiger partial charge in [-0.2, -0.15) is 0 Å². The Hall–Kier alpha value is -1.35. The van der Waals surface area contributed by atoms with Crippen LogP contribution in [0.2, 0.25) is 0 Å². The smallest absolute Gasteiger partial charge is 0.275 e. The van der Waals surface area contributed by atoms with Crippen LogP contribution in [0.3, 0.4) is 0 Å². The van der Waals surface area contributed by atoms with Gasteiger partial charge in [-0.3, -0.25) is 10.2 Å². The van der Waals surface area contributed by atoms with Crippen molar-refractivity contribution in [1.82, 2.24) is 10.4 Å². The van der Waals surface area contributed by atoms with Crippen molar-refractivity contribution in [3.63, 3.8) is 0 Å². The van der Waals surface area contributed by atoms with E-state index in [1.54, 1.807) is 19.1 Å². The normalized spacial score (nSPS) is 9.94. The zero-order valence-electron chi connectivity index (χ0n) is 10.2. The van der Waals surface area contributed by atoms with E-state index in [0.29, 0.717) is 11.3 Å². The number of nitrogens with one attached hydrogen (secondary N) is 1. The molecular weight excluding hydrogens is 236 g/mol. The molecule has 1 aromatic rings. The SMILES string of the molecule is Cc1cc(C(=O)NN(C)C)sc1C#CCCO. The van der Waals surface area contributed by atoms with Crippen molar-refractivity contribution in [2.45, 2.75) is 13.3 Å². The summed E-state index contributed by atoms with van der Waals surface area (Å²) >= 11 is 1.37. The van der Waals surface area contributed by atoms with Crippen molar-refractivity contribution in [3.05, 3.63) is 21.4 Å². The largest absolute Gasteiger partial charge is 0.395 e. The molecule has 0 saturated carbocycles. The molecule has 0 atom stereocenters. The zero-order valence-corrected chi connectivity index (χ0v) is 11.0. The summed E-state index contributed by atoms with van der Waals surface area (Å²) in [5, 5.41) is 10.2. The molecule has 92 valence electrons. The molecule has 0 saturated heterocycles. The predicted molar refractivity (Wildman–Crippen MR) is 68.8 cm³/mol. The average Bonchev–Trinajstić information content (AvgIpc) is 2.60. The quantitative estimate of drug-likeness (QED) is 0.623. The van der Waals surface area contributed by atoms with Gasteiger partial charge in [-0.05, 0) is 18.6 Å². The van der Waals surface area contributed by atoms with E-state index < -0.39 is 0 Å². The summed E-state index contributed by atoms with van der Waals surface area (Å²) in [5.74, 6) is 5.68. The van der Waals surface area contributed by atoms with E-state index in [-0.39, 0.29) is 12.5 Å². The first-order valence-corrected chi connectivity index (χ1v) is 6.04. The Balaban J connectivity index is 2.82. The first-order chi connectivity index (χ1) is 8.04. The minimum Gasteiger partial charge on any atom is -0.395 e. The molecule has 0 spiro atoms. The molecule has 1 heterocycles. The molecule has 0 aliphatic heterocycles. The molecule has 0 aliphatic rings. The van der Waals surface area contributed by atoms with Crippen LogP contribution in [0.1, 0.15) is 26.5 Å². The van der Waals surface area contributed by atoms with E-state index in [9.17, 15) is 4.79 Å². The second-order valence-electron chi connectivity index (χ2n) is 3.73. The highest BCUT2D eigenvalue weighted by Gasteiger charge is 2.11. The standard InChI is InChI=1S/C12H16N2O2S/c1-9-8-11(12(16)13-14(2)3)17-10(9)6-4-5-7-15/h8,15H,5,7H2,1-3H3,(H,13,16). The van der Waals surface area contributed by atoms with Crippen LogP contribution in [0.25, 0.3) is 0 Å². The van der Waals surface area contributed by atoms with Gasteiger partial charge in [0.15, 0.2) is 0 Å². The maximum absolute atomic E-state index is 11.7. The highest BCUT2D eigenvalue weighted by atomic mass is 32.1. The Bertz CT molecular complexity index is 455. The van der Waals surface area contributed by atoms with Crippen molar-refractivity contribution < 1.29 is 9.90 Å². The van der Waals surface area contributed by atoms with Gasteiger partial charge in [0.05, 0.1) is 16.4 Å². The van der Waals surface area contributed by atoms with Crippen LogP contribution in [0.5, 0.6) is 0 Å². The summed E-state index contributed by atoms with van der Waals surface area (Å²) in [6.07, 6.45) is 0.455. The molecule has 4 nitrogen and oxygen atoms in total. The summed E-state index contributed by atoms with van der Waals surface area (Å²) in [6.45, 7) is 1.98. The van der Waals surface area contributed by atoms with Gasteiger partial charge in [-0.25, -0.2) is 5.01 Å². The summed E-state index contributed by atoms with van der Waals surface area (Å²) in [5.41, 5.74) is 3.67. The van der Waals surface area contributed by atoms with E-state index in [4.69, 9.17) is 5.11 Å². The predicted octanol–water partition coefficient (Wildman–Crippen LogP) is 0.997. The van der Waals surface area contributed by atoms with Crippen molar-refractivity contribution in [1.29, 1.82) is 0 Å². The minimum absolute atomic E-state index is 0.0609. The maximum Gasteiger partial charge on any atom is 0.275 e.